The number of aromatic amines is 1. The van der Waals surface area contributed by atoms with Gasteiger partial charge in [-0.05, 0) is 37.3 Å². The summed E-state index contributed by atoms with van der Waals surface area (Å²) in [6, 6.07) is 8.74. The van der Waals surface area contributed by atoms with Crippen molar-refractivity contribution >= 4 is 10.9 Å². The maximum Gasteiger partial charge on any atom is 0.0458 e. The van der Waals surface area contributed by atoms with Gasteiger partial charge in [0.05, 0.1) is 0 Å². The van der Waals surface area contributed by atoms with Gasteiger partial charge < -0.3 is 4.98 Å². The van der Waals surface area contributed by atoms with Gasteiger partial charge >= 0.3 is 0 Å². The number of rotatable bonds is 1. The molecule has 1 fully saturated rings. The molecule has 0 radical (unpaired) electrons. The topological polar surface area (TPSA) is 15.8 Å². The van der Waals surface area contributed by atoms with Gasteiger partial charge in [0, 0.05) is 16.6 Å². The highest BCUT2D eigenvalue weighted by atomic mass is 14.7. The Hall–Kier alpha value is -1.24. The molecule has 0 unspecified atom stereocenters. The van der Waals surface area contributed by atoms with Gasteiger partial charge in [0.25, 0.3) is 0 Å². The molecule has 1 saturated carbocycles. The summed E-state index contributed by atoms with van der Waals surface area (Å²) in [5.74, 6) is 0.755. The average molecular weight is 255 g/mol. The highest BCUT2D eigenvalue weighted by Gasteiger charge is 2.18. The number of nitrogens with one attached hydrogen (secondary N) is 1. The van der Waals surface area contributed by atoms with Crippen LogP contribution in [0.3, 0.4) is 0 Å². The first-order chi connectivity index (χ1) is 9.36. The van der Waals surface area contributed by atoms with E-state index in [-0.39, 0.29) is 0 Å². The van der Waals surface area contributed by atoms with Crippen LogP contribution in [0.1, 0.15) is 68.5 Å². The fourth-order valence-corrected chi connectivity index (χ4v) is 3.63. The van der Waals surface area contributed by atoms with Crippen LogP contribution in [0.15, 0.2) is 24.3 Å². The smallest absolute Gasteiger partial charge is 0.0458 e. The van der Waals surface area contributed by atoms with E-state index < -0.39 is 0 Å². The quantitative estimate of drug-likeness (QED) is 0.673. The molecule has 1 aromatic heterocycles. The SMILES string of the molecule is Cc1c(C2CCCCCCCC2)[nH]c2ccccc12. The molecule has 1 aliphatic rings. The van der Waals surface area contributed by atoms with Crippen molar-refractivity contribution in [3.05, 3.63) is 35.5 Å². The van der Waals surface area contributed by atoms with Crippen LogP contribution in [0, 0.1) is 6.92 Å². The Labute approximate surface area is 116 Å². The minimum Gasteiger partial charge on any atom is -0.358 e. The molecule has 0 saturated heterocycles. The Morgan fingerprint density at radius 2 is 1.53 bits per heavy atom. The first-order valence-electron chi connectivity index (χ1n) is 7.93. The number of benzene rings is 1. The van der Waals surface area contributed by atoms with E-state index in [1.165, 1.54) is 73.5 Å². The molecule has 1 N–H and O–H groups in total. The van der Waals surface area contributed by atoms with Crippen molar-refractivity contribution in [1.29, 1.82) is 0 Å². The number of hydrogen-bond acceptors (Lipinski definition) is 0. The van der Waals surface area contributed by atoms with E-state index in [1.807, 2.05) is 0 Å². The van der Waals surface area contributed by atoms with Crippen LogP contribution in [-0.4, -0.2) is 4.98 Å². The van der Waals surface area contributed by atoms with Crippen LogP contribution in [0.5, 0.6) is 0 Å². The maximum atomic E-state index is 3.70. The number of aromatic nitrogens is 1. The molecule has 1 heteroatoms. The van der Waals surface area contributed by atoms with Crippen molar-refractivity contribution < 1.29 is 0 Å². The van der Waals surface area contributed by atoms with E-state index >= 15 is 0 Å². The minimum atomic E-state index is 0.755. The van der Waals surface area contributed by atoms with Gasteiger partial charge in [0.2, 0.25) is 0 Å². The molecular formula is C18H25N. The zero-order valence-electron chi connectivity index (χ0n) is 12.0. The summed E-state index contributed by atoms with van der Waals surface area (Å²) in [5.41, 5.74) is 4.32. The molecule has 3 rings (SSSR count). The maximum absolute atomic E-state index is 3.70. The molecule has 1 aromatic carbocycles. The number of hydrogen-bond donors (Lipinski definition) is 1. The summed E-state index contributed by atoms with van der Waals surface area (Å²) in [5, 5.41) is 1.41. The van der Waals surface area contributed by atoms with Gasteiger partial charge in [0.15, 0.2) is 0 Å². The first-order valence-corrected chi connectivity index (χ1v) is 7.93. The molecule has 102 valence electrons. The molecular weight excluding hydrogens is 230 g/mol. The normalized spacial score (nSPS) is 19.0. The lowest BCUT2D eigenvalue weighted by atomic mass is 9.91. The number of H-pyrrole nitrogens is 1. The lowest BCUT2D eigenvalue weighted by Gasteiger charge is -2.15. The Bertz CT molecular complexity index is 528. The second-order valence-electron chi connectivity index (χ2n) is 6.10. The van der Waals surface area contributed by atoms with Crippen molar-refractivity contribution in [2.45, 2.75) is 64.2 Å². The molecule has 19 heavy (non-hydrogen) atoms. The van der Waals surface area contributed by atoms with Crippen molar-refractivity contribution in [2.75, 3.05) is 0 Å². The molecule has 0 atom stereocenters. The molecule has 1 aliphatic carbocycles. The van der Waals surface area contributed by atoms with E-state index in [1.54, 1.807) is 0 Å². The highest BCUT2D eigenvalue weighted by Crippen LogP contribution is 2.34. The number of aryl methyl sites for hydroxylation is 1. The van der Waals surface area contributed by atoms with E-state index in [2.05, 4.69) is 36.2 Å². The van der Waals surface area contributed by atoms with Gasteiger partial charge in [-0.1, -0.05) is 56.7 Å². The average Bonchev–Trinajstić information content (AvgIpc) is 2.83. The van der Waals surface area contributed by atoms with Crippen LogP contribution in [0.2, 0.25) is 0 Å². The minimum absolute atomic E-state index is 0.755. The molecule has 0 aliphatic heterocycles. The van der Waals surface area contributed by atoms with Crippen LogP contribution >= 0.6 is 0 Å². The highest BCUT2D eigenvalue weighted by molar-refractivity contribution is 5.84. The third-order valence-corrected chi connectivity index (χ3v) is 4.77. The summed E-state index contributed by atoms with van der Waals surface area (Å²) in [7, 11) is 0. The molecule has 2 aromatic rings. The largest absolute Gasteiger partial charge is 0.358 e. The lowest BCUT2D eigenvalue weighted by Crippen LogP contribution is -2.01. The third kappa shape index (κ3) is 2.70. The zero-order valence-corrected chi connectivity index (χ0v) is 12.0. The standard InChI is InChI=1S/C18H25N/c1-14-16-12-8-9-13-17(16)19-18(14)15-10-6-4-2-3-5-7-11-15/h8-9,12-13,15,19H,2-7,10-11H2,1H3. The van der Waals surface area contributed by atoms with Crippen molar-refractivity contribution in [2.24, 2.45) is 0 Å². The van der Waals surface area contributed by atoms with Crippen LogP contribution in [0.4, 0.5) is 0 Å². The predicted molar refractivity (Wildman–Crippen MR) is 82.7 cm³/mol. The van der Waals surface area contributed by atoms with Gasteiger partial charge in [-0.25, -0.2) is 0 Å². The lowest BCUT2D eigenvalue weighted by molar-refractivity contribution is 0.529. The van der Waals surface area contributed by atoms with Crippen molar-refractivity contribution in [3.63, 3.8) is 0 Å². The Morgan fingerprint density at radius 1 is 0.895 bits per heavy atom. The summed E-state index contributed by atoms with van der Waals surface area (Å²) in [6.07, 6.45) is 11.3. The van der Waals surface area contributed by atoms with E-state index in [9.17, 15) is 0 Å². The second kappa shape index (κ2) is 5.81. The first kappa shape index (κ1) is 12.8. The Balaban J connectivity index is 1.90. The summed E-state index contributed by atoms with van der Waals surface area (Å²) < 4.78 is 0. The molecule has 1 nitrogen and oxygen atoms in total. The molecule has 0 bridgehead atoms. The zero-order chi connectivity index (χ0) is 13.1. The summed E-state index contributed by atoms with van der Waals surface area (Å²) in [6.45, 7) is 2.29. The molecule has 0 amide bonds. The summed E-state index contributed by atoms with van der Waals surface area (Å²) >= 11 is 0. The monoisotopic (exact) mass is 255 g/mol. The van der Waals surface area contributed by atoms with Crippen LogP contribution in [0.25, 0.3) is 10.9 Å². The van der Waals surface area contributed by atoms with E-state index in [0.29, 0.717) is 0 Å². The van der Waals surface area contributed by atoms with Gasteiger partial charge in [-0.15, -0.1) is 0 Å². The van der Waals surface area contributed by atoms with Crippen LogP contribution in [-0.2, 0) is 0 Å². The van der Waals surface area contributed by atoms with Crippen molar-refractivity contribution in [1.82, 2.24) is 4.98 Å². The second-order valence-corrected chi connectivity index (χ2v) is 6.10. The Kier molecular flexibility index (Phi) is 3.91. The van der Waals surface area contributed by atoms with E-state index in [4.69, 9.17) is 0 Å². The Morgan fingerprint density at radius 3 is 2.21 bits per heavy atom. The van der Waals surface area contributed by atoms with Gasteiger partial charge in [-0.2, -0.15) is 0 Å². The van der Waals surface area contributed by atoms with Gasteiger partial charge in [0.1, 0.15) is 0 Å². The van der Waals surface area contributed by atoms with Crippen LogP contribution < -0.4 is 0 Å². The predicted octanol–water partition coefficient (Wildman–Crippen LogP) is 5.69. The molecule has 1 heterocycles. The third-order valence-electron chi connectivity index (χ3n) is 4.77. The number of para-hydroxylation sites is 1. The number of fused-ring (bicyclic) bond motifs is 1. The fourth-order valence-electron chi connectivity index (χ4n) is 3.63. The van der Waals surface area contributed by atoms with Crippen molar-refractivity contribution in [3.8, 4) is 0 Å². The van der Waals surface area contributed by atoms with Gasteiger partial charge in [-0.3, -0.25) is 0 Å². The fraction of sp³-hybridized carbons (Fsp3) is 0.556. The molecule has 0 spiro atoms. The van der Waals surface area contributed by atoms with E-state index in [0.717, 1.165) is 5.92 Å². The summed E-state index contributed by atoms with van der Waals surface area (Å²) in [4.78, 5) is 3.70.